The van der Waals surface area contributed by atoms with Gasteiger partial charge in [-0.2, -0.15) is 0 Å². The molecule has 2 atom stereocenters. The third kappa shape index (κ3) is 2.74. The molecule has 6 nitrogen and oxygen atoms in total. The van der Waals surface area contributed by atoms with E-state index in [2.05, 4.69) is 5.32 Å². The molecule has 3 rings (SSSR count). The lowest BCUT2D eigenvalue weighted by Crippen LogP contribution is -2.44. The lowest BCUT2D eigenvalue weighted by molar-refractivity contribution is 0.0693. The third-order valence-electron chi connectivity index (χ3n) is 4.88. The standard InChI is InChI=1S/C17H21N3O3/c1-20-16(22)12-7-6-10(8-13(12)17(20)23)15(21)19-14-5-3-2-4-11(14)9-18/h6-8,11,14H,2-5,9,18H2,1H3,(H,19,21). The maximum atomic E-state index is 12.5. The van der Waals surface area contributed by atoms with Crippen molar-refractivity contribution in [1.29, 1.82) is 0 Å². The van der Waals surface area contributed by atoms with Crippen LogP contribution in [0.25, 0.3) is 0 Å². The normalized spacial score (nSPS) is 23.8. The van der Waals surface area contributed by atoms with Crippen LogP contribution in [-0.2, 0) is 0 Å². The molecule has 2 aliphatic rings. The Bertz CT molecular complexity index is 671. The van der Waals surface area contributed by atoms with Crippen LogP contribution in [0.15, 0.2) is 18.2 Å². The average molecular weight is 315 g/mol. The van der Waals surface area contributed by atoms with Crippen molar-refractivity contribution in [2.75, 3.05) is 13.6 Å². The van der Waals surface area contributed by atoms with E-state index in [4.69, 9.17) is 5.73 Å². The number of rotatable bonds is 3. The van der Waals surface area contributed by atoms with Crippen LogP contribution in [0, 0.1) is 5.92 Å². The fourth-order valence-corrected chi connectivity index (χ4v) is 3.43. The molecule has 23 heavy (non-hydrogen) atoms. The highest BCUT2D eigenvalue weighted by Crippen LogP contribution is 2.25. The lowest BCUT2D eigenvalue weighted by atomic mass is 9.84. The minimum Gasteiger partial charge on any atom is -0.349 e. The van der Waals surface area contributed by atoms with Crippen molar-refractivity contribution < 1.29 is 14.4 Å². The lowest BCUT2D eigenvalue weighted by Gasteiger charge is -2.31. The largest absolute Gasteiger partial charge is 0.349 e. The predicted molar refractivity (Wildman–Crippen MR) is 85.1 cm³/mol. The number of benzene rings is 1. The number of hydrogen-bond donors (Lipinski definition) is 2. The van der Waals surface area contributed by atoms with E-state index in [1.807, 2.05) is 0 Å². The molecule has 1 aliphatic carbocycles. The van der Waals surface area contributed by atoms with Gasteiger partial charge in [0.1, 0.15) is 0 Å². The molecule has 1 aromatic carbocycles. The smallest absolute Gasteiger partial charge is 0.261 e. The first-order valence-corrected chi connectivity index (χ1v) is 8.00. The fraction of sp³-hybridized carbons (Fsp3) is 0.471. The number of nitrogens with zero attached hydrogens (tertiary/aromatic N) is 1. The van der Waals surface area contributed by atoms with Crippen LogP contribution in [0.1, 0.15) is 56.8 Å². The van der Waals surface area contributed by atoms with Crippen LogP contribution in [0.3, 0.4) is 0 Å². The van der Waals surface area contributed by atoms with E-state index in [1.165, 1.54) is 13.1 Å². The second-order valence-corrected chi connectivity index (χ2v) is 6.29. The Hall–Kier alpha value is -2.21. The highest BCUT2D eigenvalue weighted by molar-refractivity contribution is 6.21. The number of nitrogens with one attached hydrogen (secondary N) is 1. The van der Waals surface area contributed by atoms with Crippen molar-refractivity contribution in [2.24, 2.45) is 11.7 Å². The number of carbonyl (C=O) groups excluding carboxylic acids is 3. The summed E-state index contributed by atoms with van der Waals surface area (Å²) in [5.41, 5.74) is 6.84. The summed E-state index contributed by atoms with van der Waals surface area (Å²) >= 11 is 0. The zero-order valence-corrected chi connectivity index (χ0v) is 13.2. The molecule has 0 radical (unpaired) electrons. The van der Waals surface area contributed by atoms with Gasteiger partial charge in [0.25, 0.3) is 17.7 Å². The quantitative estimate of drug-likeness (QED) is 0.819. The Morgan fingerprint density at radius 2 is 1.91 bits per heavy atom. The summed E-state index contributed by atoms with van der Waals surface area (Å²) in [6, 6.07) is 4.73. The van der Waals surface area contributed by atoms with Gasteiger partial charge in [0, 0.05) is 18.7 Å². The van der Waals surface area contributed by atoms with Crippen molar-refractivity contribution in [2.45, 2.75) is 31.7 Å². The van der Waals surface area contributed by atoms with Crippen molar-refractivity contribution in [3.8, 4) is 0 Å². The first-order valence-electron chi connectivity index (χ1n) is 8.00. The van der Waals surface area contributed by atoms with E-state index in [9.17, 15) is 14.4 Å². The zero-order chi connectivity index (χ0) is 16.6. The molecular weight excluding hydrogens is 294 g/mol. The van der Waals surface area contributed by atoms with Crippen LogP contribution in [0.2, 0.25) is 0 Å². The van der Waals surface area contributed by atoms with Crippen molar-refractivity contribution in [3.05, 3.63) is 34.9 Å². The summed E-state index contributed by atoms with van der Waals surface area (Å²) in [7, 11) is 1.44. The predicted octanol–water partition coefficient (Wildman–Crippen LogP) is 1.16. The SMILES string of the molecule is CN1C(=O)c2ccc(C(=O)NC3CCCCC3CN)cc2C1=O. The molecular formula is C17H21N3O3. The molecule has 0 aromatic heterocycles. The van der Waals surface area contributed by atoms with E-state index < -0.39 is 0 Å². The molecule has 1 saturated carbocycles. The monoisotopic (exact) mass is 315 g/mol. The van der Waals surface area contributed by atoms with Gasteiger partial charge in [-0.3, -0.25) is 19.3 Å². The number of nitrogens with two attached hydrogens (primary N) is 1. The van der Waals surface area contributed by atoms with Gasteiger partial charge >= 0.3 is 0 Å². The molecule has 3 amide bonds. The van der Waals surface area contributed by atoms with Crippen molar-refractivity contribution in [1.82, 2.24) is 10.2 Å². The van der Waals surface area contributed by atoms with Crippen LogP contribution in [0.4, 0.5) is 0 Å². The summed E-state index contributed by atoms with van der Waals surface area (Å²) in [5.74, 6) is -0.603. The van der Waals surface area contributed by atoms with Crippen molar-refractivity contribution in [3.63, 3.8) is 0 Å². The van der Waals surface area contributed by atoms with Gasteiger partial charge in [-0.05, 0) is 43.5 Å². The second-order valence-electron chi connectivity index (χ2n) is 6.29. The summed E-state index contributed by atoms with van der Waals surface area (Å²) in [6.45, 7) is 0.562. The van der Waals surface area contributed by atoms with Crippen molar-refractivity contribution >= 4 is 17.7 Å². The Balaban J connectivity index is 1.79. The minimum absolute atomic E-state index is 0.0783. The van der Waals surface area contributed by atoms with Gasteiger partial charge in [0.05, 0.1) is 11.1 Å². The Labute approximate surface area is 135 Å². The highest BCUT2D eigenvalue weighted by atomic mass is 16.2. The number of fused-ring (bicyclic) bond motifs is 1. The molecule has 0 spiro atoms. The van der Waals surface area contributed by atoms with Gasteiger partial charge in [0.15, 0.2) is 0 Å². The first-order chi connectivity index (χ1) is 11.0. The number of carbonyl (C=O) groups is 3. The maximum Gasteiger partial charge on any atom is 0.261 e. The highest BCUT2D eigenvalue weighted by Gasteiger charge is 2.33. The van der Waals surface area contributed by atoms with E-state index in [-0.39, 0.29) is 23.8 Å². The number of hydrogen-bond acceptors (Lipinski definition) is 4. The van der Waals surface area contributed by atoms with Crippen LogP contribution >= 0.6 is 0 Å². The molecule has 0 bridgehead atoms. The summed E-state index contributed by atoms with van der Waals surface area (Å²) in [5, 5.41) is 3.04. The average Bonchev–Trinajstić information content (AvgIpc) is 2.79. The number of imide groups is 1. The van der Waals surface area contributed by atoms with E-state index in [1.54, 1.807) is 12.1 Å². The van der Waals surface area contributed by atoms with E-state index in [0.29, 0.717) is 29.2 Å². The van der Waals surface area contributed by atoms with Crippen LogP contribution in [0.5, 0.6) is 0 Å². The molecule has 1 aliphatic heterocycles. The molecule has 1 fully saturated rings. The van der Waals surface area contributed by atoms with Crippen LogP contribution in [-0.4, -0.2) is 42.3 Å². The molecule has 1 heterocycles. The summed E-state index contributed by atoms with van der Waals surface area (Å²) in [6.07, 6.45) is 4.20. The summed E-state index contributed by atoms with van der Waals surface area (Å²) < 4.78 is 0. The van der Waals surface area contributed by atoms with Gasteiger partial charge in [0.2, 0.25) is 0 Å². The second kappa shape index (κ2) is 6.12. The summed E-state index contributed by atoms with van der Waals surface area (Å²) in [4.78, 5) is 37.5. The Kier molecular flexibility index (Phi) is 4.17. The molecule has 0 saturated heterocycles. The molecule has 2 unspecified atom stereocenters. The fourth-order valence-electron chi connectivity index (χ4n) is 3.43. The topological polar surface area (TPSA) is 92.5 Å². The number of amides is 3. The van der Waals surface area contributed by atoms with Crippen LogP contribution < -0.4 is 11.1 Å². The van der Waals surface area contributed by atoms with Gasteiger partial charge in [-0.25, -0.2) is 0 Å². The Morgan fingerprint density at radius 1 is 1.22 bits per heavy atom. The molecule has 122 valence electrons. The van der Waals surface area contributed by atoms with E-state index in [0.717, 1.165) is 30.6 Å². The maximum absolute atomic E-state index is 12.5. The van der Waals surface area contributed by atoms with E-state index >= 15 is 0 Å². The van der Waals surface area contributed by atoms with Gasteiger partial charge in [-0.1, -0.05) is 12.8 Å². The molecule has 6 heteroatoms. The molecule has 1 aromatic rings. The van der Waals surface area contributed by atoms with Gasteiger partial charge in [-0.15, -0.1) is 0 Å². The minimum atomic E-state index is -0.364. The zero-order valence-electron chi connectivity index (χ0n) is 13.2. The van der Waals surface area contributed by atoms with Gasteiger partial charge < -0.3 is 11.1 Å². The third-order valence-corrected chi connectivity index (χ3v) is 4.88. The first kappa shape index (κ1) is 15.7. The Morgan fingerprint density at radius 3 is 2.65 bits per heavy atom. The molecule has 3 N–H and O–H groups in total.